The lowest BCUT2D eigenvalue weighted by atomic mass is 10.1. The predicted molar refractivity (Wildman–Crippen MR) is 91.1 cm³/mol. The number of benzene rings is 2. The van der Waals surface area contributed by atoms with E-state index in [1.807, 2.05) is 30.3 Å². The molecule has 4 rings (SSSR count). The molecule has 2 heterocycles. The van der Waals surface area contributed by atoms with Crippen molar-refractivity contribution in [2.24, 2.45) is 0 Å². The maximum Gasteiger partial charge on any atom is 0.231 e. The van der Waals surface area contributed by atoms with Crippen LogP contribution in [0, 0.1) is 0 Å². The third-order valence-electron chi connectivity index (χ3n) is 4.57. The smallest absolute Gasteiger partial charge is 0.231 e. The van der Waals surface area contributed by atoms with E-state index >= 15 is 0 Å². The standard InChI is InChI=1S/C19H20N2O3/c1-2-21-10-14-4-3-5-16(15(14)11-21)20-19(22)9-13-6-7-17-18(8-13)24-12-23-17/h3-8H,2,9-12H2,1H3,(H,20,22). The molecule has 0 saturated heterocycles. The second kappa shape index (κ2) is 6.17. The molecule has 0 aromatic heterocycles. The fraction of sp³-hybridized carbons (Fsp3) is 0.316. The number of nitrogens with one attached hydrogen (secondary N) is 1. The van der Waals surface area contributed by atoms with Gasteiger partial charge in [-0.3, -0.25) is 9.69 Å². The first-order valence-corrected chi connectivity index (χ1v) is 8.24. The first-order chi connectivity index (χ1) is 11.7. The molecule has 2 aliphatic rings. The maximum absolute atomic E-state index is 12.4. The molecule has 1 N–H and O–H groups in total. The molecule has 124 valence electrons. The van der Waals surface area contributed by atoms with E-state index in [1.165, 1.54) is 11.1 Å². The van der Waals surface area contributed by atoms with Crippen LogP contribution < -0.4 is 14.8 Å². The Labute approximate surface area is 141 Å². The zero-order valence-electron chi connectivity index (χ0n) is 13.7. The quantitative estimate of drug-likeness (QED) is 0.939. The number of ether oxygens (including phenoxy) is 2. The molecule has 0 bridgehead atoms. The Bertz CT molecular complexity index is 788. The molecule has 2 aliphatic heterocycles. The van der Waals surface area contributed by atoms with Gasteiger partial charge in [0.05, 0.1) is 6.42 Å². The van der Waals surface area contributed by atoms with Gasteiger partial charge in [-0.05, 0) is 41.4 Å². The van der Waals surface area contributed by atoms with Gasteiger partial charge in [-0.15, -0.1) is 0 Å². The maximum atomic E-state index is 12.4. The number of carbonyl (C=O) groups is 1. The highest BCUT2D eigenvalue weighted by Gasteiger charge is 2.21. The first kappa shape index (κ1) is 15.0. The van der Waals surface area contributed by atoms with E-state index in [2.05, 4.69) is 23.2 Å². The largest absolute Gasteiger partial charge is 0.454 e. The van der Waals surface area contributed by atoms with E-state index in [-0.39, 0.29) is 12.7 Å². The molecule has 5 nitrogen and oxygen atoms in total. The van der Waals surface area contributed by atoms with Crippen LogP contribution >= 0.6 is 0 Å². The Morgan fingerprint density at radius 3 is 2.92 bits per heavy atom. The van der Waals surface area contributed by atoms with Crippen molar-refractivity contribution in [3.63, 3.8) is 0 Å². The van der Waals surface area contributed by atoms with Gasteiger partial charge in [-0.25, -0.2) is 0 Å². The van der Waals surface area contributed by atoms with Crippen LogP contribution in [-0.4, -0.2) is 24.1 Å². The van der Waals surface area contributed by atoms with Crippen molar-refractivity contribution in [1.82, 2.24) is 4.90 Å². The van der Waals surface area contributed by atoms with Gasteiger partial charge >= 0.3 is 0 Å². The molecular weight excluding hydrogens is 304 g/mol. The van der Waals surface area contributed by atoms with Crippen molar-refractivity contribution in [3.05, 3.63) is 53.1 Å². The van der Waals surface area contributed by atoms with E-state index in [1.54, 1.807) is 0 Å². The topological polar surface area (TPSA) is 50.8 Å². The molecule has 2 aromatic carbocycles. The van der Waals surface area contributed by atoms with Crippen LogP contribution in [0.4, 0.5) is 5.69 Å². The van der Waals surface area contributed by atoms with Crippen LogP contribution in [0.15, 0.2) is 36.4 Å². The Morgan fingerprint density at radius 1 is 1.17 bits per heavy atom. The van der Waals surface area contributed by atoms with Crippen molar-refractivity contribution in [2.75, 3.05) is 18.7 Å². The highest BCUT2D eigenvalue weighted by atomic mass is 16.7. The number of hydrogen-bond acceptors (Lipinski definition) is 4. The number of hydrogen-bond donors (Lipinski definition) is 1. The van der Waals surface area contributed by atoms with Gasteiger partial charge < -0.3 is 14.8 Å². The van der Waals surface area contributed by atoms with Crippen LogP contribution in [0.25, 0.3) is 0 Å². The van der Waals surface area contributed by atoms with Crippen LogP contribution in [0.1, 0.15) is 23.6 Å². The summed E-state index contributed by atoms with van der Waals surface area (Å²) in [7, 11) is 0. The van der Waals surface area contributed by atoms with E-state index < -0.39 is 0 Å². The van der Waals surface area contributed by atoms with E-state index in [9.17, 15) is 4.79 Å². The van der Waals surface area contributed by atoms with E-state index in [0.717, 1.165) is 36.6 Å². The number of amides is 1. The molecule has 5 heteroatoms. The minimum atomic E-state index is -0.0165. The Hall–Kier alpha value is -2.53. The summed E-state index contributed by atoms with van der Waals surface area (Å²) < 4.78 is 10.7. The molecule has 0 aliphatic carbocycles. The van der Waals surface area contributed by atoms with Crippen molar-refractivity contribution < 1.29 is 14.3 Å². The lowest BCUT2D eigenvalue weighted by Crippen LogP contribution is -2.17. The Balaban J connectivity index is 1.47. The zero-order valence-corrected chi connectivity index (χ0v) is 13.7. The van der Waals surface area contributed by atoms with Gasteiger partial charge in [-0.1, -0.05) is 25.1 Å². The fourth-order valence-corrected chi connectivity index (χ4v) is 3.26. The van der Waals surface area contributed by atoms with Crippen LogP contribution in [0.5, 0.6) is 11.5 Å². The van der Waals surface area contributed by atoms with Crippen LogP contribution in [-0.2, 0) is 24.3 Å². The highest BCUT2D eigenvalue weighted by Crippen LogP contribution is 2.33. The Kier molecular flexibility index (Phi) is 3.86. The van der Waals surface area contributed by atoms with Crippen molar-refractivity contribution >= 4 is 11.6 Å². The van der Waals surface area contributed by atoms with Gasteiger partial charge in [0.25, 0.3) is 0 Å². The molecular formula is C19H20N2O3. The molecule has 0 unspecified atom stereocenters. The minimum Gasteiger partial charge on any atom is -0.454 e. The van der Waals surface area contributed by atoms with Crippen LogP contribution in [0.2, 0.25) is 0 Å². The SMILES string of the molecule is CCN1Cc2cccc(NC(=O)Cc3ccc4c(c3)OCO4)c2C1. The lowest BCUT2D eigenvalue weighted by Gasteiger charge is -2.12. The second-order valence-corrected chi connectivity index (χ2v) is 6.16. The molecule has 0 fully saturated rings. The fourth-order valence-electron chi connectivity index (χ4n) is 3.26. The summed E-state index contributed by atoms with van der Waals surface area (Å²) >= 11 is 0. The number of fused-ring (bicyclic) bond motifs is 2. The number of nitrogens with zero attached hydrogens (tertiary/aromatic N) is 1. The molecule has 0 atom stereocenters. The van der Waals surface area contributed by atoms with Gasteiger partial charge in [0, 0.05) is 18.8 Å². The van der Waals surface area contributed by atoms with Gasteiger partial charge in [0.1, 0.15) is 0 Å². The highest BCUT2D eigenvalue weighted by molar-refractivity contribution is 5.93. The van der Waals surface area contributed by atoms with E-state index in [0.29, 0.717) is 12.2 Å². The summed E-state index contributed by atoms with van der Waals surface area (Å²) in [4.78, 5) is 14.8. The predicted octanol–water partition coefficient (Wildman–Crippen LogP) is 2.93. The monoisotopic (exact) mass is 324 g/mol. The molecule has 24 heavy (non-hydrogen) atoms. The summed E-state index contributed by atoms with van der Waals surface area (Å²) in [5, 5.41) is 3.07. The van der Waals surface area contributed by atoms with Gasteiger partial charge in [0.15, 0.2) is 11.5 Å². The van der Waals surface area contributed by atoms with Crippen molar-refractivity contribution in [3.8, 4) is 11.5 Å². The third-order valence-corrected chi connectivity index (χ3v) is 4.57. The minimum absolute atomic E-state index is 0.0165. The second-order valence-electron chi connectivity index (χ2n) is 6.16. The summed E-state index contributed by atoms with van der Waals surface area (Å²) in [6.45, 7) is 5.27. The average molecular weight is 324 g/mol. The number of anilines is 1. The normalized spacial score (nSPS) is 15.4. The molecule has 2 aromatic rings. The number of carbonyl (C=O) groups excluding carboxylic acids is 1. The molecule has 1 amide bonds. The number of rotatable bonds is 4. The molecule has 0 saturated carbocycles. The first-order valence-electron chi connectivity index (χ1n) is 8.24. The lowest BCUT2D eigenvalue weighted by molar-refractivity contribution is -0.115. The summed E-state index contributed by atoms with van der Waals surface area (Å²) in [6, 6.07) is 11.8. The summed E-state index contributed by atoms with van der Waals surface area (Å²) in [6.07, 6.45) is 0.317. The van der Waals surface area contributed by atoms with E-state index in [4.69, 9.17) is 9.47 Å². The molecule has 0 radical (unpaired) electrons. The van der Waals surface area contributed by atoms with Gasteiger partial charge in [0.2, 0.25) is 12.7 Å². The van der Waals surface area contributed by atoms with Gasteiger partial charge in [-0.2, -0.15) is 0 Å². The summed E-state index contributed by atoms with van der Waals surface area (Å²) in [5.74, 6) is 1.43. The van der Waals surface area contributed by atoms with Crippen molar-refractivity contribution in [1.29, 1.82) is 0 Å². The van der Waals surface area contributed by atoms with Crippen LogP contribution in [0.3, 0.4) is 0 Å². The summed E-state index contributed by atoms with van der Waals surface area (Å²) in [5.41, 5.74) is 4.38. The third kappa shape index (κ3) is 2.83. The average Bonchev–Trinajstić information content (AvgIpc) is 3.20. The Morgan fingerprint density at radius 2 is 2.04 bits per heavy atom. The van der Waals surface area contributed by atoms with Crippen molar-refractivity contribution in [2.45, 2.75) is 26.4 Å². The molecule has 0 spiro atoms. The zero-order chi connectivity index (χ0) is 16.5.